The Kier molecular flexibility index (Phi) is 11.3. The third kappa shape index (κ3) is 7.47. The van der Waals surface area contributed by atoms with Crippen molar-refractivity contribution in [2.24, 2.45) is 0 Å². The second-order valence-electron chi connectivity index (χ2n) is 12.8. The topological polar surface area (TPSA) is 317 Å². The number of rotatable bonds is 9. The van der Waals surface area contributed by atoms with Crippen molar-refractivity contribution in [1.82, 2.24) is 0 Å². The predicted octanol–water partition coefficient (Wildman–Crippen LogP) is -2.92. The first-order valence-electron chi connectivity index (χ1n) is 16.3. The molecule has 0 spiro atoms. The lowest BCUT2D eigenvalue weighted by Crippen LogP contribution is -2.64. The zero-order valence-corrected chi connectivity index (χ0v) is 28.0. The second-order valence-corrected chi connectivity index (χ2v) is 12.8. The Morgan fingerprint density at radius 1 is 0.755 bits per heavy atom. The van der Waals surface area contributed by atoms with Gasteiger partial charge in [-0.2, -0.15) is 0 Å². The maximum atomic E-state index is 13.4. The molecule has 6 rings (SSSR count). The molecule has 3 fully saturated rings. The average Bonchev–Trinajstić information content (AvgIpc) is 3.12. The second kappa shape index (κ2) is 15.5. The number of aromatic hydroxyl groups is 3. The Hall–Kier alpha value is -3.87. The van der Waals surface area contributed by atoms with Gasteiger partial charge in [0.1, 0.15) is 77.4 Å². The molecule has 4 heterocycles. The third-order valence-electron chi connectivity index (χ3n) is 9.22. The summed E-state index contributed by atoms with van der Waals surface area (Å²) < 4.78 is 45.0. The van der Waals surface area contributed by atoms with Gasteiger partial charge in [0.25, 0.3) is 0 Å². The number of aliphatic hydroxyl groups excluding tert-OH is 8. The average molecular weight is 757 g/mol. The molecule has 3 aliphatic heterocycles. The van der Waals surface area contributed by atoms with Gasteiger partial charge in [0.05, 0.1) is 26.4 Å². The Balaban J connectivity index is 1.33. The first kappa shape index (κ1) is 38.8. The monoisotopic (exact) mass is 756 g/mol. The zero-order chi connectivity index (χ0) is 38.5. The van der Waals surface area contributed by atoms with Crippen LogP contribution in [0.25, 0.3) is 22.3 Å². The van der Waals surface area contributed by atoms with E-state index < -0.39 is 122 Å². The molecular weight excluding hydrogens is 716 g/mol. The van der Waals surface area contributed by atoms with E-state index in [1.807, 2.05) is 0 Å². The van der Waals surface area contributed by atoms with Gasteiger partial charge < -0.3 is 93.7 Å². The van der Waals surface area contributed by atoms with E-state index in [1.54, 1.807) is 0 Å². The van der Waals surface area contributed by atoms with Gasteiger partial charge in [-0.25, -0.2) is 0 Å². The van der Waals surface area contributed by atoms with E-state index in [0.29, 0.717) is 0 Å². The van der Waals surface area contributed by atoms with Crippen molar-refractivity contribution in [1.29, 1.82) is 0 Å². The van der Waals surface area contributed by atoms with Crippen molar-refractivity contribution in [2.75, 3.05) is 20.3 Å². The molecule has 0 aliphatic carbocycles. The number of fused-ring (bicyclic) bond motifs is 1. The summed E-state index contributed by atoms with van der Waals surface area (Å²) in [5.41, 5.74) is -0.995. The van der Waals surface area contributed by atoms with Gasteiger partial charge in [0.2, 0.25) is 17.5 Å². The van der Waals surface area contributed by atoms with Crippen molar-refractivity contribution in [2.45, 2.75) is 92.9 Å². The van der Waals surface area contributed by atoms with Crippen LogP contribution in [0.15, 0.2) is 39.5 Å². The molecule has 11 N–H and O–H groups in total. The number of phenols is 3. The summed E-state index contributed by atoms with van der Waals surface area (Å²) in [4.78, 5) is 13.4. The van der Waals surface area contributed by atoms with Crippen molar-refractivity contribution >= 4 is 11.0 Å². The molecule has 3 saturated heterocycles. The summed E-state index contributed by atoms with van der Waals surface area (Å²) in [6.07, 6.45) is -22.7. The fourth-order valence-corrected chi connectivity index (χ4v) is 6.18. The number of methoxy groups -OCH3 is 1. The molecule has 0 amide bonds. The Morgan fingerprint density at radius 2 is 1.47 bits per heavy atom. The Bertz CT molecular complexity index is 1820. The summed E-state index contributed by atoms with van der Waals surface area (Å²) in [6.45, 7) is 0.321. The highest BCUT2D eigenvalue weighted by atomic mass is 16.8. The number of hydrogen-bond acceptors (Lipinski definition) is 20. The number of phenolic OH excluding ortho intramolecular Hbond substituents is 3. The first-order chi connectivity index (χ1) is 25.1. The molecule has 0 saturated carbocycles. The quantitative estimate of drug-likeness (QED) is 0.0974. The maximum Gasteiger partial charge on any atom is 0.239 e. The number of ether oxygens (including phenoxy) is 7. The summed E-state index contributed by atoms with van der Waals surface area (Å²) in [6, 6.07) is 5.71. The van der Waals surface area contributed by atoms with Crippen LogP contribution in [-0.2, 0) is 23.7 Å². The Morgan fingerprint density at radius 3 is 2.17 bits per heavy atom. The van der Waals surface area contributed by atoms with Crippen LogP contribution in [0, 0.1) is 0 Å². The lowest BCUT2D eigenvalue weighted by Gasteiger charge is -2.45. The molecular formula is C33H40O20. The van der Waals surface area contributed by atoms with Gasteiger partial charge >= 0.3 is 0 Å². The highest BCUT2D eigenvalue weighted by Crippen LogP contribution is 2.39. The minimum absolute atomic E-state index is 0.104. The molecule has 53 heavy (non-hydrogen) atoms. The summed E-state index contributed by atoms with van der Waals surface area (Å²) in [5.74, 6) is -2.48. The summed E-state index contributed by atoms with van der Waals surface area (Å²) in [5, 5.41) is 114. The SMILES string of the molecule is COc1c(-c2ccc(O)c(O)c2)oc2cc(O[C@@H]3O[C@H](CO[C@@H]4O[C@@H](C)[C@H](O)[C@@H](O)[C@H]4O)[C@@H](O)[C@H](O)[C@H]3O[C@@H]3OC[C@@H](O)[C@H](O)[C@H]3O)cc(O)c2c1=O. The van der Waals surface area contributed by atoms with Crippen LogP contribution in [0.3, 0.4) is 0 Å². The molecule has 3 aliphatic rings. The van der Waals surface area contributed by atoms with Crippen LogP contribution < -0.4 is 14.9 Å². The van der Waals surface area contributed by atoms with Crippen LogP contribution in [-0.4, -0.2) is 163 Å². The number of benzene rings is 2. The van der Waals surface area contributed by atoms with Crippen LogP contribution in [0.5, 0.6) is 28.7 Å². The first-order valence-corrected chi connectivity index (χ1v) is 16.3. The highest BCUT2D eigenvalue weighted by molar-refractivity contribution is 5.88. The Labute approximate surface area is 298 Å². The number of aliphatic hydroxyl groups is 8. The van der Waals surface area contributed by atoms with E-state index >= 15 is 0 Å². The molecule has 0 radical (unpaired) electrons. The van der Waals surface area contributed by atoms with Gasteiger partial charge in [-0.3, -0.25) is 4.79 Å². The van der Waals surface area contributed by atoms with Crippen LogP contribution in [0.1, 0.15) is 6.92 Å². The molecule has 1 aromatic heterocycles. The fourth-order valence-electron chi connectivity index (χ4n) is 6.18. The van der Waals surface area contributed by atoms with Crippen molar-refractivity contribution < 1.29 is 93.7 Å². The van der Waals surface area contributed by atoms with E-state index in [1.165, 1.54) is 20.1 Å². The molecule has 2 aromatic carbocycles. The molecule has 0 unspecified atom stereocenters. The predicted molar refractivity (Wildman–Crippen MR) is 172 cm³/mol. The minimum atomic E-state index is -1.92. The molecule has 3 aromatic rings. The van der Waals surface area contributed by atoms with E-state index in [2.05, 4.69) is 0 Å². The smallest absolute Gasteiger partial charge is 0.239 e. The molecule has 0 bridgehead atoms. The maximum absolute atomic E-state index is 13.4. The highest BCUT2D eigenvalue weighted by Gasteiger charge is 2.51. The standard InChI is InChI=1S/C33H40O20/c1-10-20(38)24(42)27(45)31(49-10)48-9-18-22(40)25(43)30(53-32-26(44)21(39)16(37)8-47-32)33(52-18)50-12-6-15(36)19-17(7-12)51-28(29(46-2)23(19)41)11-3-4-13(34)14(35)5-11/h3-7,10,16,18,20-22,24-27,30-40,42-45H,8-9H2,1-2H3/t10-,16+,18+,20-,21-,22+,24+,25-,26+,27+,30+,31+,32-,33+/m0/s1. The van der Waals surface area contributed by atoms with E-state index in [4.69, 9.17) is 37.6 Å². The van der Waals surface area contributed by atoms with Gasteiger partial charge in [-0.15, -0.1) is 0 Å². The molecule has 292 valence electrons. The zero-order valence-electron chi connectivity index (χ0n) is 28.0. The van der Waals surface area contributed by atoms with Crippen molar-refractivity contribution in [3.8, 4) is 40.1 Å². The van der Waals surface area contributed by atoms with Gasteiger partial charge in [0, 0.05) is 17.7 Å². The lowest BCUT2D eigenvalue weighted by molar-refractivity contribution is -0.352. The van der Waals surface area contributed by atoms with E-state index in [0.717, 1.165) is 24.3 Å². The van der Waals surface area contributed by atoms with Crippen LogP contribution >= 0.6 is 0 Å². The van der Waals surface area contributed by atoms with Crippen LogP contribution in [0.2, 0.25) is 0 Å². The minimum Gasteiger partial charge on any atom is -0.507 e. The largest absolute Gasteiger partial charge is 0.507 e. The fraction of sp³-hybridized carbons (Fsp3) is 0.545. The van der Waals surface area contributed by atoms with Gasteiger partial charge in [-0.1, -0.05) is 0 Å². The van der Waals surface area contributed by atoms with Gasteiger partial charge in [-0.05, 0) is 25.1 Å². The molecule has 14 atom stereocenters. The lowest BCUT2D eigenvalue weighted by atomic mass is 9.98. The van der Waals surface area contributed by atoms with E-state index in [-0.39, 0.29) is 33.8 Å². The number of hydrogen-bond donors (Lipinski definition) is 11. The normalized spacial score (nSPS) is 36.3. The van der Waals surface area contributed by atoms with E-state index in [9.17, 15) is 61.0 Å². The van der Waals surface area contributed by atoms with Crippen molar-refractivity contribution in [3.05, 3.63) is 40.6 Å². The van der Waals surface area contributed by atoms with Crippen LogP contribution in [0.4, 0.5) is 0 Å². The summed E-state index contributed by atoms with van der Waals surface area (Å²) >= 11 is 0. The van der Waals surface area contributed by atoms with Crippen molar-refractivity contribution in [3.63, 3.8) is 0 Å². The third-order valence-corrected chi connectivity index (χ3v) is 9.22. The molecule has 20 heteroatoms. The summed E-state index contributed by atoms with van der Waals surface area (Å²) in [7, 11) is 1.18. The molecule has 20 nitrogen and oxygen atoms in total. The van der Waals surface area contributed by atoms with Gasteiger partial charge in [0.15, 0.2) is 35.9 Å².